The number of halogens is 3. The summed E-state index contributed by atoms with van der Waals surface area (Å²) in [5.74, 6) is -1.93. The number of pyridine rings is 1. The molecule has 0 saturated heterocycles. The molecule has 2 aliphatic rings. The molecule has 4 rings (SSSR count). The highest BCUT2D eigenvalue weighted by Gasteiger charge is 2.52. The minimum Gasteiger partial charge on any atom is -0.429 e. The quantitative estimate of drug-likeness (QED) is 0.753. The van der Waals surface area contributed by atoms with E-state index in [0.717, 1.165) is 29.7 Å². The molecule has 0 bridgehead atoms. The molecule has 31 heavy (non-hydrogen) atoms. The van der Waals surface area contributed by atoms with Gasteiger partial charge in [-0.15, -0.1) is 0 Å². The third kappa shape index (κ3) is 4.08. The monoisotopic (exact) mass is 432 g/mol. The standard InChI is InChI=1S/C22H23F3N4O2/c1-13(2)10-27-17-14(3)11-29(12-21(17)7-8-21)20(30)16-18(22(23,24)25)28-19(31-16)15-6-4-5-9-26-15/h4-6,9-10,27H,7-8,11-12H2,1-3H3. The first-order chi connectivity index (χ1) is 14.6. The Kier molecular flexibility index (Phi) is 5.15. The van der Waals surface area contributed by atoms with E-state index in [9.17, 15) is 18.0 Å². The van der Waals surface area contributed by atoms with Gasteiger partial charge in [0.15, 0.2) is 5.69 Å². The van der Waals surface area contributed by atoms with E-state index in [1.54, 1.807) is 12.1 Å². The number of alkyl halides is 3. The zero-order valence-electron chi connectivity index (χ0n) is 17.5. The van der Waals surface area contributed by atoms with Crippen molar-refractivity contribution in [2.24, 2.45) is 5.41 Å². The molecule has 1 aliphatic heterocycles. The van der Waals surface area contributed by atoms with Crippen LogP contribution in [0.2, 0.25) is 0 Å². The van der Waals surface area contributed by atoms with Crippen LogP contribution in [0.1, 0.15) is 49.9 Å². The first kappa shape index (κ1) is 21.1. The van der Waals surface area contributed by atoms with Gasteiger partial charge in [-0.05, 0) is 57.5 Å². The Morgan fingerprint density at radius 3 is 2.61 bits per heavy atom. The lowest BCUT2D eigenvalue weighted by molar-refractivity contribution is -0.141. The van der Waals surface area contributed by atoms with Gasteiger partial charge in [0.05, 0.1) is 0 Å². The molecule has 164 valence electrons. The fraction of sp³-hybridized carbons (Fsp3) is 0.409. The number of oxazole rings is 1. The van der Waals surface area contributed by atoms with Crippen molar-refractivity contribution in [1.29, 1.82) is 0 Å². The van der Waals surface area contributed by atoms with E-state index < -0.39 is 23.5 Å². The second kappa shape index (κ2) is 7.55. The van der Waals surface area contributed by atoms with Crippen molar-refractivity contribution in [3.63, 3.8) is 0 Å². The van der Waals surface area contributed by atoms with Crippen molar-refractivity contribution < 1.29 is 22.4 Å². The van der Waals surface area contributed by atoms with E-state index in [1.165, 1.54) is 17.2 Å². The van der Waals surface area contributed by atoms with Crippen LogP contribution in [0.25, 0.3) is 11.6 Å². The van der Waals surface area contributed by atoms with E-state index in [-0.39, 0.29) is 23.5 Å². The maximum atomic E-state index is 13.6. The van der Waals surface area contributed by atoms with Gasteiger partial charge in [0.25, 0.3) is 5.91 Å². The van der Waals surface area contributed by atoms with Gasteiger partial charge in [0.1, 0.15) is 5.69 Å². The Balaban J connectivity index is 1.67. The first-order valence-electron chi connectivity index (χ1n) is 9.99. The summed E-state index contributed by atoms with van der Waals surface area (Å²) in [5, 5.41) is 3.34. The molecule has 1 amide bonds. The Labute approximate surface area is 177 Å². The molecule has 9 heteroatoms. The summed E-state index contributed by atoms with van der Waals surface area (Å²) >= 11 is 0. The molecule has 6 nitrogen and oxygen atoms in total. The number of carbonyl (C=O) groups is 1. The summed E-state index contributed by atoms with van der Waals surface area (Å²) in [5.41, 5.74) is 1.65. The van der Waals surface area contributed by atoms with E-state index >= 15 is 0 Å². The highest BCUT2D eigenvalue weighted by Crippen LogP contribution is 2.54. The molecule has 1 N–H and O–H groups in total. The maximum absolute atomic E-state index is 13.6. The van der Waals surface area contributed by atoms with E-state index in [2.05, 4.69) is 15.3 Å². The Bertz CT molecular complexity index is 1060. The summed E-state index contributed by atoms with van der Waals surface area (Å²) in [4.78, 5) is 22.1. The maximum Gasteiger partial charge on any atom is 0.437 e. The normalized spacial score (nSPS) is 17.7. The first-order valence-corrected chi connectivity index (χ1v) is 9.99. The van der Waals surface area contributed by atoms with Crippen LogP contribution < -0.4 is 5.32 Å². The van der Waals surface area contributed by atoms with E-state index in [0.29, 0.717) is 6.54 Å². The fourth-order valence-corrected chi connectivity index (χ4v) is 3.91. The predicted octanol–water partition coefficient (Wildman–Crippen LogP) is 4.78. The third-order valence-electron chi connectivity index (χ3n) is 5.50. The van der Waals surface area contributed by atoms with Gasteiger partial charge in [0, 0.05) is 30.4 Å². The van der Waals surface area contributed by atoms with Gasteiger partial charge < -0.3 is 14.6 Å². The molecule has 3 heterocycles. The summed E-state index contributed by atoms with van der Waals surface area (Å²) < 4.78 is 46.3. The number of amides is 1. The van der Waals surface area contributed by atoms with Crippen molar-refractivity contribution in [1.82, 2.24) is 20.2 Å². The lowest BCUT2D eigenvalue weighted by Crippen LogP contribution is -2.44. The van der Waals surface area contributed by atoms with Crippen molar-refractivity contribution in [2.45, 2.75) is 39.8 Å². The molecule has 1 aliphatic carbocycles. The van der Waals surface area contributed by atoms with Gasteiger partial charge in [-0.25, -0.2) is 4.98 Å². The number of nitrogens with one attached hydrogen (secondary N) is 1. The number of aromatic nitrogens is 2. The smallest absolute Gasteiger partial charge is 0.429 e. The Hall–Kier alpha value is -3.10. The Morgan fingerprint density at radius 2 is 2.03 bits per heavy atom. The summed E-state index contributed by atoms with van der Waals surface area (Å²) in [6, 6.07) is 4.72. The van der Waals surface area contributed by atoms with Crippen molar-refractivity contribution in [2.75, 3.05) is 13.1 Å². The molecule has 0 atom stereocenters. The van der Waals surface area contributed by atoms with Crippen LogP contribution in [0.15, 0.2) is 51.9 Å². The van der Waals surface area contributed by atoms with Gasteiger partial charge >= 0.3 is 6.18 Å². The molecule has 1 saturated carbocycles. The van der Waals surface area contributed by atoms with Crippen LogP contribution in [0, 0.1) is 5.41 Å². The van der Waals surface area contributed by atoms with Crippen LogP contribution in [-0.4, -0.2) is 33.9 Å². The molecule has 2 aromatic heterocycles. The molecule has 2 aromatic rings. The van der Waals surface area contributed by atoms with Crippen LogP contribution in [0.4, 0.5) is 13.2 Å². The summed E-state index contributed by atoms with van der Waals surface area (Å²) in [6.45, 7) is 6.40. The third-order valence-corrected chi connectivity index (χ3v) is 5.50. The summed E-state index contributed by atoms with van der Waals surface area (Å²) in [6.07, 6.45) is 0.248. The second-order valence-electron chi connectivity index (χ2n) is 8.37. The SMILES string of the molecule is CC(C)=CNC1=C(C)CN(C(=O)c2oc(-c3ccccn3)nc2C(F)(F)F)CC12CC2. The average Bonchev–Trinajstić information content (AvgIpc) is 3.30. The minimum atomic E-state index is -4.82. The van der Waals surface area contributed by atoms with Crippen molar-refractivity contribution in [3.05, 3.63) is 58.9 Å². The van der Waals surface area contributed by atoms with Crippen LogP contribution in [0.3, 0.4) is 0 Å². The number of rotatable bonds is 4. The molecule has 0 unspecified atom stereocenters. The van der Waals surface area contributed by atoms with Crippen molar-refractivity contribution >= 4 is 5.91 Å². The summed E-state index contributed by atoms with van der Waals surface area (Å²) in [7, 11) is 0. The van der Waals surface area contributed by atoms with E-state index in [1.807, 2.05) is 27.0 Å². The predicted molar refractivity (Wildman–Crippen MR) is 108 cm³/mol. The lowest BCUT2D eigenvalue weighted by atomic mass is 9.92. The fourth-order valence-electron chi connectivity index (χ4n) is 3.91. The van der Waals surface area contributed by atoms with Crippen LogP contribution in [0.5, 0.6) is 0 Å². The topological polar surface area (TPSA) is 71.3 Å². The van der Waals surface area contributed by atoms with Gasteiger partial charge in [-0.3, -0.25) is 9.78 Å². The molecule has 1 spiro atoms. The molecule has 0 aromatic carbocycles. The second-order valence-corrected chi connectivity index (χ2v) is 8.37. The number of carbonyl (C=O) groups excluding carboxylic acids is 1. The van der Waals surface area contributed by atoms with Gasteiger partial charge in [-0.1, -0.05) is 11.6 Å². The number of hydrogen-bond acceptors (Lipinski definition) is 5. The molecule has 0 radical (unpaired) electrons. The van der Waals surface area contributed by atoms with Crippen LogP contribution in [-0.2, 0) is 6.18 Å². The Morgan fingerprint density at radius 1 is 1.29 bits per heavy atom. The lowest BCUT2D eigenvalue weighted by Gasteiger charge is -2.36. The largest absolute Gasteiger partial charge is 0.437 e. The molecular weight excluding hydrogens is 409 g/mol. The van der Waals surface area contributed by atoms with Crippen LogP contribution >= 0.6 is 0 Å². The highest BCUT2D eigenvalue weighted by atomic mass is 19.4. The zero-order valence-corrected chi connectivity index (χ0v) is 17.5. The van der Waals surface area contributed by atoms with Gasteiger partial charge in [0.2, 0.25) is 11.7 Å². The molecular formula is C22H23F3N4O2. The number of nitrogens with zero attached hydrogens (tertiary/aromatic N) is 3. The van der Waals surface area contributed by atoms with E-state index in [4.69, 9.17) is 4.42 Å². The minimum absolute atomic E-state index is 0.133. The van der Waals surface area contributed by atoms with Crippen molar-refractivity contribution in [3.8, 4) is 11.6 Å². The highest BCUT2D eigenvalue weighted by molar-refractivity contribution is 5.93. The molecule has 1 fully saturated rings. The average molecular weight is 432 g/mol. The number of hydrogen-bond donors (Lipinski definition) is 1. The zero-order chi connectivity index (χ0) is 22.4. The van der Waals surface area contributed by atoms with Gasteiger partial charge in [-0.2, -0.15) is 13.2 Å². The number of allylic oxidation sites excluding steroid dienone is 1.